The number of para-hydroxylation sites is 1. The van der Waals surface area contributed by atoms with Gasteiger partial charge >= 0.3 is 0 Å². The molecule has 1 saturated heterocycles. The fraction of sp³-hybridized carbons (Fsp3) is 0.562. The first-order valence-electron chi connectivity index (χ1n) is 8.13. The lowest BCUT2D eigenvalue weighted by molar-refractivity contribution is 0.192. The summed E-state index contributed by atoms with van der Waals surface area (Å²) < 4.78 is 1.74. The maximum absolute atomic E-state index is 4.06. The number of nitrogens with one attached hydrogen (secondary N) is 1. The molecule has 6 nitrogen and oxygen atoms in total. The molecule has 0 unspecified atom stereocenters. The molecular weight excluding hydrogens is 276 g/mol. The molecule has 1 aromatic carbocycles. The Hall–Kier alpha value is -1.95. The molecular formula is C16H24N6. The predicted molar refractivity (Wildman–Crippen MR) is 87.1 cm³/mol. The Bertz CT molecular complexity index is 559. The van der Waals surface area contributed by atoms with Crippen LogP contribution < -0.4 is 5.32 Å². The van der Waals surface area contributed by atoms with E-state index in [0.29, 0.717) is 5.95 Å². The van der Waals surface area contributed by atoms with Crippen molar-refractivity contribution in [2.75, 3.05) is 31.5 Å². The highest BCUT2D eigenvalue weighted by molar-refractivity contribution is 5.38. The van der Waals surface area contributed by atoms with Crippen molar-refractivity contribution >= 4 is 5.95 Å². The second-order valence-corrected chi connectivity index (χ2v) is 6.05. The molecule has 6 heteroatoms. The fourth-order valence-corrected chi connectivity index (χ4v) is 2.83. The van der Waals surface area contributed by atoms with E-state index in [1.54, 1.807) is 4.68 Å². The van der Waals surface area contributed by atoms with Crippen molar-refractivity contribution in [2.45, 2.75) is 26.2 Å². The summed E-state index contributed by atoms with van der Waals surface area (Å²) in [6.45, 7) is 6.86. The van der Waals surface area contributed by atoms with Crippen molar-refractivity contribution in [3.05, 3.63) is 30.3 Å². The van der Waals surface area contributed by atoms with Crippen LogP contribution in [0.25, 0.3) is 5.69 Å². The number of rotatable bonds is 6. The van der Waals surface area contributed by atoms with Gasteiger partial charge in [0.05, 0.1) is 5.69 Å². The molecule has 3 rings (SSSR count). The van der Waals surface area contributed by atoms with Gasteiger partial charge in [-0.25, -0.2) is 0 Å². The van der Waals surface area contributed by atoms with Gasteiger partial charge in [0.15, 0.2) is 0 Å². The molecule has 0 bridgehead atoms. The Kier molecular flexibility index (Phi) is 5.00. The van der Waals surface area contributed by atoms with Gasteiger partial charge in [-0.15, -0.1) is 0 Å². The molecule has 0 aliphatic carbocycles. The van der Waals surface area contributed by atoms with E-state index in [0.717, 1.165) is 31.1 Å². The number of likely N-dealkylation sites (tertiary alicyclic amines) is 1. The van der Waals surface area contributed by atoms with Crippen molar-refractivity contribution in [1.82, 2.24) is 25.1 Å². The van der Waals surface area contributed by atoms with Gasteiger partial charge in [0.25, 0.3) is 0 Å². The first-order valence-corrected chi connectivity index (χ1v) is 8.13. The molecule has 1 fully saturated rings. The molecule has 1 aromatic heterocycles. The summed E-state index contributed by atoms with van der Waals surface area (Å²) in [4.78, 5) is 2.56. The number of piperidine rings is 1. The van der Waals surface area contributed by atoms with Gasteiger partial charge in [0, 0.05) is 6.54 Å². The zero-order chi connectivity index (χ0) is 15.2. The van der Waals surface area contributed by atoms with Gasteiger partial charge in [-0.1, -0.05) is 30.2 Å². The standard InChI is InChI=1S/C16H24N6/c1-14-8-12-21(13-9-14)11-5-10-17-16-18-19-20-22(16)15-6-3-2-4-7-15/h2-4,6-7,14H,5,8-13H2,1H3,(H,17,18,20). The molecule has 1 aliphatic rings. The smallest absolute Gasteiger partial charge is 0.247 e. The third kappa shape index (κ3) is 3.82. The monoisotopic (exact) mass is 300 g/mol. The summed E-state index contributed by atoms with van der Waals surface area (Å²) in [5, 5.41) is 15.2. The summed E-state index contributed by atoms with van der Waals surface area (Å²) in [5.74, 6) is 1.60. The van der Waals surface area contributed by atoms with Crippen molar-refractivity contribution < 1.29 is 0 Å². The third-order valence-electron chi connectivity index (χ3n) is 4.28. The molecule has 118 valence electrons. The van der Waals surface area contributed by atoms with Gasteiger partial charge in [-0.05, 0) is 67.4 Å². The Morgan fingerprint density at radius 1 is 1.18 bits per heavy atom. The minimum atomic E-state index is 0.707. The number of nitrogens with zero attached hydrogens (tertiary/aromatic N) is 5. The van der Waals surface area contributed by atoms with Gasteiger partial charge < -0.3 is 10.2 Å². The lowest BCUT2D eigenvalue weighted by atomic mass is 9.99. The maximum Gasteiger partial charge on any atom is 0.247 e. The van der Waals surface area contributed by atoms with Crippen molar-refractivity contribution in [3.63, 3.8) is 0 Å². The second kappa shape index (κ2) is 7.35. The number of aromatic nitrogens is 4. The van der Waals surface area contributed by atoms with Crippen molar-refractivity contribution in [3.8, 4) is 5.69 Å². The quantitative estimate of drug-likeness (QED) is 0.829. The lowest BCUT2D eigenvalue weighted by Crippen LogP contribution is -2.34. The molecule has 1 N–H and O–H groups in total. The second-order valence-electron chi connectivity index (χ2n) is 6.05. The highest BCUT2D eigenvalue weighted by Gasteiger charge is 2.15. The van der Waals surface area contributed by atoms with Crippen LogP contribution in [0.5, 0.6) is 0 Å². The molecule has 1 aliphatic heterocycles. The fourth-order valence-electron chi connectivity index (χ4n) is 2.83. The Labute approximate surface area is 131 Å². The van der Waals surface area contributed by atoms with E-state index in [2.05, 4.69) is 32.7 Å². The van der Waals surface area contributed by atoms with Gasteiger partial charge in [0.2, 0.25) is 5.95 Å². The molecule has 0 amide bonds. The predicted octanol–water partition coefficient (Wildman–Crippen LogP) is 2.20. The number of benzene rings is 1. The first kappa shape index (κ1) is 15.0. The van der Waals surface area contributed by atoms with Crippen molar-refractivity contribution in [1.29, 1.82) is 0 Å². The normalized spacial score (nSPS) is 16.8. The van der Waals surface area contributed by atoms with Crippen LogP contribution >= 0.6 is 0 Å². The van der Waals surface area contributed by atoms with E-state index < -0.39 is 0 Å². The van der Waals surface area contributed by atoms with Crippen molar-refractivity contribution in [2.24, 2.45) is 5.92 Å². The minimum Gasteiger partial charge on any atom is -0.353 e. The van der Waals surface area contributed by atoms with Crippen LogP contribution in [0.4, 0.5) is 5.95 Å². The number of anilines is 1. The number of hydrogen-bond acceptors (Lipinski definition) is 5. The molecule has 0 radical (unpaired) electrons. The van der Waals surface area contributed by atoms with E-state index in [9.17, 15) is 0 Å². The van der Waals surface area contributed by atoms with E-state index >= 15 is 0 Å². The Morgan fingerprint density at radius 2 is 1.95 bits per heavy atom. The largest absolute Gasteiger partial charge is 0.353 e. The van der Waals surface area contributed by atoms with E-state index in [-0.39, 0.29) is 0 Å². The summed E-state index contributed by atoms with van der Waals surface area (Å²) in [6, 6.07) is 9.95. The lowest BCUT2D eigenvalue weighted by Gasteiger charge is -2.30. The van der Waals surface area contributed by atoms with Crippen LogP contribution in [-0.2, 0) is 0 Å². The van der Waals surface area contributed by atoms with Gasteiger partial charge in [0.1, 0.15) is 0 Å². The van der Waals surface area contributed by atoms with Crippen LogP contribution in [-0.4, -0.2) is 51.3 Å². The third-order valence-corrected chi connectivity index (χ3v) is 4.28. The van der Waals surface area contributed by atoms with Crippen LogP contribution in [0.2, 0.25) is 0 Å². The molecule has 2 heterocycles. The summed E-state index contributed by atoms with van der Waals surface area (Å²) in [5.41, 5.74) is 0.972. The van der Waals surface area contributed by atoms with E-state index in [4.69, 9.17) is 0 Å². The molecule has 22 heavy (non-hydrogen) atoms. The van der Waals surface area contributed by atoms with Crippen LogP contribution in [0.3, 0.4) is 0 Å². The highest BCUT2D eigenvalue weighted by Crippen LogP contribution is 2.16. The first-order chi connectivity index (χ1) is 10.8. The topological polar surface area (TPSA) is 58.9 Å². The van der Waals surface area contributed by atoms with Gasteiger partial charge in [-0.3, -0.25) is 0 Å². The number of tetrazole rings is 1. The highest BCUT2D eigenvalue weighted by atomic mass is 15.6. The number of hydrogen-bond donors (Lipinski definition) is 1. The SMILES string of the molecule is CC1CCN(CCCNc2nnnn2-c2ccccc2)CC1. The summed E-state index contributed by atoms with van der Waals surface area (Å²) >= 11 is 0. The van der Waals surface area contributed by atoms with Crippen LogP contribution in [0.1, 0.15) is 26.2 Å². The minimum absolute atomic E-state index is 0.707. The van der Waals surface area contributed by atoms with E-state index in [1.165, 1.54) is 25.9 Å². The van der Waals surface area contributed by atoms with Crippen LogP contribution in [0.15, 0.2) is 30.3 Å². The van der Waals surface area contributed by atoms with E-state index in [1.807, 2.05) is 30.3 Å². The Balaban J connectivity index is 1.46. The van der Waals surface area contributed by atoms with Crippen LogP contribution in [0, 0.1) is 5.92 Å². The summed E-state index contributed by atoms with van der Waals surface area (Å²) in [7, 11) is 0. The zero-order valence-corrected chi connectivity index (χ0v) is 13.1. The zero-order valence-electron chi connectivity index (χ0n) is 13.1. The molecule has 0 saturated carbocycles. The molecule has 0 spiro atoms. The Morgan fingerprint density at radius 3 is 2.73 bits per heavy atom. The molecule has 2 aromatic rings. The average Bonchev–Trinajstić information content (AvgIpc) is 3.02. The summed E-state index contributed by atoms with van der Waals surface area (Å²) in [6.07, 6.45) is 3.77. The average molecular weight is 300 g/mol. The van der Waals surface area contributed by atoms with Gasteiger partial charge in [-0.2, -0.15) is 4.68 Å². The molecule has 0 atom stereocenters. The maximum atomic E-state index is 4.06.